The Labute approximate surface area is 310 Å². The first-order valence-electron chi connectivity index (χ1n) is 17.3. The van der Waals surface area contributed by atoms with E-state index in [4.69, 9.17) is 16.3 Å². The zero-order chi connectivity index (χ0) is 38.3. The Morgan fingerprint density at radius 3 is 2.42 bits per heavy atom. The van der Waals surface area contributed by atoms with Crippen molar-refractivity contribution in [1.29, 1.82) is 0 Å². The van der Waals surface area contributed by atoms with Crippen molar-refractivity contribution in [3.05, 3.63) is 80.3 Å². The monoisotopic (exact) mass is 786 g/mol. The molecule has 0 radical (unpaired) electrons. The van der Waals surface area contributed by atoms with Crippen molar-refractivity contribution in [2.24, 2.45) is 0 Å². The molecule has 2 fully saturated rings. The number of hydrogen-bond acceptors (Lipinski definition) is 7. The van der Waals surface area contributed by atoms with E-state index in [1.54, 1.807) is 25.1 Å². The van der Waals surface area contributed by atoms with Crippen LogP contribution in [0.3, 0.4) is 0 Å². The number of aromatic nitrogens is 1. The number of fused-ring (bicyclic) bond motifs is 1. The lowest BCUT2D eigenvalue weighted by molar-refractivity contribution is -0.166. The lowest BCUT2D eigenvalue weighted by Gasteiger charge is -2.51. The van der Waals surface area contributed by atoms with Crippen molar-refractivity contribution in [3.8, 4) is 5.75 Å². The van der Waals surface area contributed by atoms with E-state index in [0.717, 1.165) is 40.2 Å². The van der Waals surface area contributed by atoms with Crippen molar-refractivity contribution < 1.29 is 50.6 Å². The molecule has 3 aromatic rings. The van der Waals surface area contributed by atoms with Gasteiger partial charge in [0.15, 0.2) is 0 Å². The van der Waals surface area contributed by atoms with Gasteiger partial charge in [0.1, 0.15) is 22.4 Å². The number of benzene rings is 1. The van der Waals surface area contributed by atoms with Crippen LogP contribution in [-0.4, -0.2) is 86.4 Å². The van der Waals surface area contributed by atoms with E-state index in [-0.39, 0.29) is 57.6 Å². The molecule has 0 spiro atoms. The minimum Gasteiger partial charge on any atom is -0.474 e. The number of aliphatic hydroxyl groups is 1. The minimum absolute atomic E-state index is 0.0147. The van der Waals surface area contributed by atoms with E-state index in [1.807, 2.05) is 0 Å². The molecule has 3 aliphatic heterocycles. The fourth-order valence-electron chi connectivity index (χ4n) is 7.65. The van der Waals surface area contributed by atoms with Gasteiger partial charge in [0.25, 0.3) is 11.8 Å². The van der Waals surface area contributed by atoms with Gasteiger partial charge in [-0.05, 0) is 67.5 Å². The predicted octanol–water partition coefficient (Wildman–Crippen LogP) is 7.17. The van der Waals surface area contributed by atoms with Gasteiger partial charge in [0, 0.05) is 55.3 Å². The molecule has 3 atom stereocenters. The summed E-state index contributed by atoms with van der Waals surface area (Å²) in [5.74, 6) is -2.69. The number of amides is 3. The SMILES string of the molecule is CCC[C@H]1N(C(=O)c2ncccc2C(F)(F)F)CCC[C@@]1(Oc1csc(C(F)(F)F)c1)C(=O)N1CCc2ccc(Cl)cc2[C@@H]1C(=O)N1CCC(O)CC1. The van der Waals surface area contributed by atoms with Crippen LogP contribution in [0.2, 0.25) is 5.02 Å². The summed E-state index contributed by atoms with van der Waals surface area (Å²) in [6, 6.07) is 4.98. The van der Waals surface area contributed by atoms with Gasteiger partial charge in [0.2, 0.25) is 11.5 Å². The number of hydrogen-bond donors (Lipinski definition) is 1. The average molecular weight is 787 g/mol. The second-order valence-electron chi connectivity index (χ2n) is 13.5. The van der Waals surface area contributed by atoms with E-state index in [0.29, 0.717) is 41.2 Å². The third-order valence-corrected chi connectivity index (χ3v) is 11.3. The Morgan fingerprint density at radius 2 is 1.75 bits per heavy atom. The number of ether oxygens (including phenoxy) is 1. The number of rotatable bonds is 7. The summed E-state index contributed by atoms with van der Waals surface area (Å²) in [5, 5.41) is 11.5. The number of nitrogens with zero attached hydrogens (tertiary/aromatic N) is 4. The van der Waals surface area contributed by atoms with Crippen LogP contribution in [0.1, 0.15) is 83.5 Å². The second kappa shape index (κ2) is 15.1. The first kappa shape index (κ1) is 38.8. The maximum atomic E-state index is 15.4. The molecule has 0 unspecified atom stereocenters. The number of carbonyl (C=O) groups excluding carboxylic acids is 3. The van der Waals surface area contributed by atoms with Gasteiger partial charge in [-0.25, -0.2) is 0 Å². The Balaban J connectivity index is 1.49. The summed E-state index contributed by atoms with van der Waals surface area (Å²) >= 11 is 6.76. The van der Waals surface area contributed by atoms with Gasteiger partial charge in [-0.3, -0.25) is 19.4 Å². The van der Waals surface area contributed by atoms with Crippen molar-refractivity contribution >= 4 is 40.7 Å². The van der Waals surface area contributed by atoms with E-state index in [9.17, 15) is 41.0 Å². The van der Waals surface area contributed by atoms with Crippen molar-refractivity contribution in [2.45, 2.75) is 88.0 Å². The summed E-state index contributed by atoms with van der Waals surface area (Å²) in [6.45, 7) is 2.03. The highest BCUT2D eigenvalue weighted by atomic mass is 35.5. The average Bonchev–Trinajstić information content (AvgIpc) is 3.60. The van der Waals surface area contributed by atoms with Crippen LogP contribution >= 0.6 is 22.9 Å². The Bertz CT molecular complexity index is 1850. The maximum Gasteiger partial charge on any atom is 0.425 e. The molecular weight excluding hydrogens is 750 g/mol. The summed E-state index contributed by atoms with van der Waals surface area (Å²) in [5.41, 5.74) is -3.11. The number of piperidine rings is 2. The van der Waals surface area contributed by atoms with Gasteiger partial charge in [-0.2, -0.15) is 26.3 Å². The second-order valence-corrected chi connectivity index (χ2v) is 14.8. The molecule has 1 N–H and O–H groups in total. The molecule has 1 aromatic carbocycles. The molecule has 9 nitrogen and oxygen atoms in total. The van der Waals surface area contributed by atoms with Gasteiger partial charge >= 0.3 is 12.4 Å². The summed E-state index contributed by atoms with van der Waals surface area (Å²) in [4.78, 5) is 50.8. The lowest BCUT2D eigenvalue weighted by atomic mass is 9.78. The molecule has 286 valence electrons. The van der Waals surface area contributed by atoms with Crippen molar-refractivity contribution in [1.82, 2.24) is 19.7 Å². The highest BCUT2D eigenvalue weighted by molar-refractivity contribution is 7.10. The number of halogens is 7. The van der Waals surface area contributed by atoms with Crippen LogP contribution in [0.25, 0.3) is 0 Å². The molecule has 0 aliphatic carbocycles. The molecule has 5 heterocycles. The quantitative estimate of drug-likeness (QED) is 0.255. The fourth-order valence-corrected chi connectivity index (χ4v) is 8.51. The van der Waals surface area contributed by atoms with Crippen LogP contribution in [0.15, 0.2) is 48.0 Å². The number of aliphatic hydroxyl groups excluding tert-OH is 1. The van der Waals surface area contributed by atoms with Crippen molar-refractivity contribution in [2.75, 3.05) is 26.2 Å². The largest absolute Gasteiger partial charge is 0.474 e. The number of thiophene rings is 1. The van der Waals surface area contributed by atoms with Crippen LogP contribution in [0.5, 0.6) is 5.75 Å². The summed E-state index contributed by atoms with van der Waals surface area (Å²) < 4.78 is 90.2. The van der Waals surface area contributed by atoms with E-state index >= 15 is 4.79 Å². The number of pyridine rings is 1. The third-order valence-electron chi connectivity index (χ3n) is 10.1. The normalized spacial score (nSPS) is 22.8. The van der Waals surface area contributed by atoms with Gasteiger partial charge in [-0.1, -0.05) is 31.0 Å². The molecular formula is C36H37ClF6N4O5S. The topological polar surface area (TPSA) is 103 Å². The van der Waals surface area contributed by atoms with E-state index in [1.165, 1.54) is 9.80 Å². The number of carbonyl (C=O) groups is 3. The minimum atomic E-state index is -4.94. The standard InChI is InChI=1S/C36H37ClF6N4O5S/c1-2-5-27-34(52-24-19-28(53-20-24)36(41,42)43,12-4-14-46(27)31(49)29-26(35(38,39)40)6-3-13-44-29)33(51)47-17-9-21-7-8-22(37)18-25(21)30(47)32(50)45-15-10-23(48)11-16-45/h3,6-8,13,18-20,23,27,30,48H,2,4-5,9-12,14-17H2,1H3/t27-,30-,34+/m1/s1. The smallest absolute Gasteiger partial charge is 0.425 e. The van der Waals surface area contributed by atoms with Gasteiger partial charge < -0.3 is 24.5 Å². The van der Waals surface area contributed by atoms with E-state index < -0.39 is 70.0 Å². The zero-order valence-corrected chi connectivity index (χ0v) is 30.1. The molecule has 0 bridgehead atoms. The molecule has 3 amide bonds. The Kier molecular flexibility index (Phi) is 11.1. The molecule has 2 aromatic heterocycles. The third kappa shape index (κ3) is 7.72. The van der Waals surface area contributed by atoms with Crippen LogP contribution in [0.4, 0.5) is 26.3 Å². The highest BCUT2D eigenvalue weighted by Gasteiger charge is 2.58. The molecule has 2 saturated heterocycles. The van der Waals surface area contributed by atoms with Crippen LogP contribution in [0, 0.1) is 0 Å². The van der Waals surface area contributed by atoms with Crippen LogP contribution < -0.4 is 4.74 Å². The predicted molar refractivity (Wildman–Crippen MR) is 182 cm³/mol. The van der Waals surface area contributed by atoms with Gasteiger partial charge in [-0.15, -0.1) is 11.3 Å². The maximum absolute atomic E-state index is 15.4. The zero-order valence-electron chi connectivity index (χ0n) is 28.6. The van der Waals surface area contributed by atoms with Crippen molar-refractivity contribution in [3.63, 3.8) is 0 Å². The lowest BCUT2D eigenvalue weighted by Crippen LogP contribution is -2.69. The Hall–Kier alpha value is -3.89. The first-order chi connectivity index (χ1) is 25.0. The molecule has 0 saturated carbocycles. The molecule has 6 rings (SSSR count). The molecule has 17 heteroatoms. The first-order valence-corrected chi connectivity index (χ1v) is 18.5. The summed E-state index contributed by atoms with van der Waals surface area (Å²) in [6.07, 6.45) is -8.11. The summed E-state index contributed by atoms with van der Waals surface area (Å²) in [7, 11) is 0. The number of likely N-dealkylation sites (tertiary alicyclic amines) is 2. The van der Waals surface area contributed by atoms with Crippen LogP contribution in [-0.2, 0) is 28.4 Å². The van der Waals surface area contributed by atoms with E-state index in [2.05, 4.69) is 4.98 Å². The Morgan fingerprint density at radius 1 is 1.02 bits per heavy atom. The fraction of sp³-hybridized carbons (Fsp3) is 0.500. The molecule has 53 heavy (non-hydrogen) atoms. The molecule has 3 aliphatic rings. The number of alkyl halides is 6. The highest BCUT2D eigenvalue weighted by Crippen LogP contribution is 2.45. The van der Waals surface area contributed by atoms with Gasteiger partial charge in [0.05, 0.1) is 17.7 Å².